The Morgan fingerprint density at radius 1 is 1.28 bits per heavy atom. The van der Waals surface area contributed by atoms with Crippen molar-refractivity contribution in [3.05, 3.63) is 46.5 Å². The number of hydrogen-bond acceptors (Lipinski definition) is 8. The van der Waals surface area contributed by atoms with Gasteiger partial charge >= 0.3 is 12.1 Å². The molecule has 3 heterocycles. The van der Waals surface area contributed by atoms with Crippen molar-refractivity contribution in [2.24, 2.45) is 5.92 Å². The minimum absolute atomic E-state index is 0.0985. The first kappa shape index (κ1) is 32.8. The Morgan fingerprint density at radius 2 is 2.00 bits per heavy atom. The second-order valence-corrected chi connectivity index (χ2v) is 12.7. The van der Waals surface area contributed by atoms with E-state index < -0.39 is 42.0 Å². The summed E-state index contributed by atoms with van der Waals surface area (Å²) in [5.41, 5.74) is 1.54. The largest absolute Gasteiger partial charge is 0.495 e. The lowest BCUT2D eigenvalue weighted by molar-refractivity contribution is -0.158. The molecule has 11 heteroatoms. The number of anilines is 1. The van der Waals surface area contributed by atoms with Gasteiger partial charge in [-0.05, 0) is 65.4 Å². The molecule has 0 spiro atoms. The van der Waals surface area contributed by atoms with Crippen molar-refractivity contribution >= 4 is 35.3 Å². The molecule has 43 heavy (non-hydrogen) atoms. The third-order valence-corrected chi connectivity index (χ3v) is 9.26. The van der Waals surface area contributed by atoms with Gasteiger partial charge in [0.1, 0.15) is 34.6 Å². The minimum atomic E-state index is -0.961. The monoisotopic (exact) mass is 617 g/mol. The van der Waals surface area contributed by atoms with E-state index in [0.717, 1.165) is 11.1 Å². The van der Waals surface area contributed by atoms with Gasteiger partial charge < -0.3 is 29.2 Å². The third-order valence-electron chi connectivity index (χ3n) is 8.88. The lowest BCUT2D eigenvalue weighted by atomic mass is 9.85. The topological polar surface area (TPSA) is 110 Å². The van der Waals surface area contributed by atoms with Crippen molar-refractivity contribution < 1.29 is 33.3 Å². The van der Waals surface area contributed by atoms with Crippen molar-refractivity contribution in [2.45, 2.75) is 89.4 Å². The third kappa shape index (κ3) is 7.36. The first-order valence-electron chi connectivity index (χ1n) is 14.7. The van der Waals surface area contributed by atoms with E-state index in [-0.39, 0.29) is 24.3 Å². The van der Waals surface area contributed by atoms with Crippen LogP contribution in [0.5, 0.6) is 5.75 Å². The van der Waals surface area contributed by atoms with E-state index in [1.54, 1.807) is 33.0 Å². The number of amides is 2. The van der Waals surface area contributed by atoms with Crippen LogP contribution in [0.25, 0.3) is 0 Å². The molecule has 0 radical (unpaired) electrons. The molecule has 1 N–H and O–H groups in total. The zero-order chi connectivity index (χ0) is 31.6. The van der Waals surface area contributed by atoms with E-state index in [2.05, 4.69) is 5.32 Å². The number of ether oxygens (including phenoxy) is 4. The predicted molar refractivity (Wildman–Crippen MR) is 165 cm³/mol. The quantitative estimate of drug-likeness (QED) is 0.383. The fourth-order valence-electron chi connectivity index (χ4n) is 5.76. The van der Waals surface area contributed by atoms with E-state index in [1.807, 2.05) is 51.1 Å². The highest BCUT2D eigenvalue weighted by Gasteiger charge is 2.63. The number of likely N-dealkylation sites (N-methyl/N-ethyl adjacent to an activating group) is 1. The van der Waals surface area contributed by atoms with Crippen LogP contribution in [-0.4, -0.2) is 87.1 Å². The molecular formula is C32H44ClN3O7. The van der Waals surface area contributed by atoms with Gasteiger partial charge in [0.05, 0.1) is 25.3 Å². The summed E-state index contributed by atoms with van der Waals surface area (Å²) in [6.07, 6.45) is 5.61. The number of esters is 1. The molecule has 4 bridgehead atoms. The number of allylic oxidation sites excluding steroid dienone is 3. The average Bonchev–Trinajstić information content (AvgIpc) is 3.65. The van der Waals surface area contributed by atoms with E-state index in [1.165, 1.54) is 12.0 Å². The molecular weight excluding hydrogens is 574 g/mol. The Bertz CT molecular complexity index is 1300. The number of hydrogen-bond donors (Lipinski definition) is 1. The van der Waals surface area contributed by atoms with Crippen molar-refractivity contribution in [2.75, 3.05) is 33.2 Å². The number of nitrogens with zero attached hydrogens (tertiary/aromatic N) is 2. The molecule has 2 fully saturated rings. The van der Waals surface area contributed by atoms with Crippen LogP contribution < -0.4 is 15.0 Å². The summed E-state index contributed by atoms with van der Waals surface area (Å²) in [4.78, 5) is 42.7. The number of halogens is 1. The van der Waals surface area contributed by atoms with Crippen molar-refractivity contribution in [1.29, 1.82) is 0 Å². The highest BCUT2D eigenvalue weighted by molar-refractivity contribution is 6.35. The summed E-state index contributed by atoms with van der Waals surface area (Å²) in [6, 6.07) is 3.11. The Morgan fingerprint density at radius 3 is 2.67 bits per heavy atom. The van der Waals surface area contributed by atoms with Gasteiger partial charge in [-0.1, -0.05) is 42.3 Å². The highest BCUT2D eigenvalue weighted by atomic mass is 35.5. The summed E-state index contributed by atoms with van der Waals surface area (Å²) in [5, 5.41) is 3.22. The fourth-order valence-corrected chi connectivity index (χ4v) is 6.07. The number of nitrogens with one attached hydrogen (secondary N) is 1. The van der Waals surface area contributed by atoms with Crippen LogP contribution in [0.3, 0.4) is 0 Å². The Hall–Kier alpha value is -3.08. The molecule has 236 valence electrons. The maximum atomic E-state index is 13.8. The lowest BCUT2D eigenvalue weighted by Crippen LogP contribution is -2.49. The molecule has 0 aromatic heterocycles. The average molecular weight is 618 g/mol. The second kappa shape index (κ2) is 13.3. The van der Waals surface area contributed by atoms with Gasteiger partial charge in [-0.15, -0.1) is 0 Å². The number of epoxide rings is 1. The first-order chi connectivity index (χ1) is 20.2. The van der Waals surface area contributed by atoms with E-state index in [0.29, 0.717) is 35.7 Å². The van der Waals surface area contributed by atoms with Gasteiger partial charge in [-0.2, -0.15) is 0 Å². The normalized spacial score (nSPS) is 32.5. The number of methoxy groups -OCH3 is 1. The predicted octanol–water partition coefficient (Wildman–Crippen LogP) is 4.67. The molecule has 7 unspecified atom stereocenters. The van der Waals surface area contributed by atoms with Gasteiger partial charge in [0.2, 0.25) is 5.91 Å². The summed E-state index contributed by atoms with van der Waals surface area (Å²) >= 11 is 6.70. The molecule has 2 saturated heterocycles. The van der Waals surface area contributed by atoms with E-state index in [9.17, 15) is 14.4 Å². The van der Waals surface area contributed by atoms with Crippen LogP contribution in [0, 0.1) is 5.92 Å². The molecule has 10 nitrogen and oxygen atoms in total. The van der Waals surface area contributed by atoms with Gasteiger partial charge in [0, 0.05) is 25.4 Å². The maximum Gasteiger partial charge on any atom is 0.407 e. The van der Waals surface area contributed by atoms with Gasteiger partial charge in [0.15, 0.2) is 0 Å². The standard InChI is InChI=1S/C32H44ClN3O7/c1-18-11-9-10-12-22-16-24(41-31(39)34-22)19(2)29-32(4,43-29)26(42-30(38)20(3)35(5)6)17-27(37)36(7)23-14-21(13-18)15-25(40-8)28(23)33/h9-11,14-15,19-20,22,24,26,29H,12-13,16-17H2,1-8H3,(H,34,39)/b10-9+,18-11+. The molecule has 0 saturated carbocycles. The SMILES string of the molecule is COc1cc2cc(c1Cl)N(C)C(=O)CC(OC(=O)C(C)N(C)C)C1(C)OC1C(C)C1CC(C/C=C/C=C(\C)C2)NC(=O)O1. The highest BCUT2D eigenvalue weighted by Crippen LogP contribution is 2.48. The van der Waals surface area contributed by atoms with Crippen molar-refractivity contribution in [3.63, 3.8) is 0 Å². The van der Waals surface area contributed by atoms with Crippen LogP contribution in [0.15, 0.2) is 35.9 Å². The Balaban J connectivity index is 1.73. The van der Waals surface area contributed by atoms with Gasteiger partial charge in [-0.3, -0.25) is 14.5 Å². The molecule has 1 aromatic carbocycles. The number of alkyl carbamates (subject to hydrolysis) is 1. The summed E-state index contributed by atoms with van der Waals surface area (Å²) in [6.45, 7) is 7.58. The molecule has 0 aliphatic carbocycles. The molecule has 2 amide bonds. The van der Waals surface area contributed by atoms with Crippen molar-refractivity contribution in [3.8, 4) is 5.75 Å². The van der Waals surface area contributed by atoms with E-state index in [4.69, 9.17) is 30.5 Å². The van der Waals surface area contributed by atoms with Crippen LogP contribution in [0.4, 0.5) is 10.5 Å². The lowest BCUT2D eigenvalue weighted by Gasteiger charge is -2.33. The Kier molecular flexibility index (Phi) is 10.1. The number of carbonyl (C=O) groups is 3. The summed E-state index contributed by atoms with van der Waals surface area (Å²) in [7, 11) is 6.75. The number of carbonyl (C=O) groups excluding carboxylic acids is 3. The molecule has 3 aliphatic rings. The molecule has 3 aliphatic heterocycles. The zero-order valence-electron chi connectivity index (χ0n) is 26.3. The van der Waals surface area contributed by atoms with Crippen LogP contribution in [-0.2, 0) is 30.2 Å². The fraction of sp³-hybridized carbons (Fsp3) is 0.594. The minimum Gasteiger partial charge on any atom is -0.495 e. The van der Waals surface area contributed by atoms with Gasteiger partial charge in [0.25, 0.3) is 0 Å². The molecule has 1 aromatic rings. The smallest absolute Gasteiger partial charge is 0.407 e. The van der Waals surface area contributed by atoms with Crippen LogP contribution in [0.2, 0.25) is 5.02 Å². The second-order valence-electron chi connectivity index (χ2n) is 12.3. The molecule has 7 atom stereocenters. The van der Waals surface area contributed by atoms with Crippen molar-refractivity contribution in [1.82, 2.24) is 10.2 Å². The van der Waals surface area contributed by atoms with Crippen LogP contribution >= 0.6 is 11.6 Å². The first-order valence-corrected chi connectivity index (χ1v) is 15.1. The summed E-state index contributed by atoms with van der Waals surface area (Å²) in [5.74, 6) is -0.514. The zero-order valence-corrected chi connectivity index (χ0v) is 27.1. The number of fused-ring (bicyclic) bond motifs is 5. The van der Waals surface area contributed by atoms with Gasteiger partial charge in [-0.25, -0.2) is 4.79 Å². The number of rotatable bonds is 4. The number of benzene rings is 1. The maximum absolute atomic E-state index is 13.8. The summed E-state index contributed by atoms with van der Waals surface area (Å²) < 4.78 is 23.5. The Labute approximate surface area is 259 Å². The van der Waals surface area contributed by atoms with Crippen LogP contribution in [0.1, 0.15) is 52.5 Å². The van der Waals surface area contributed by atoms with E-state index >= 15 is 0 Å². The molecule has 4 rings (SSSR count).